The van der Waals surface area contributed by atoms with E-state index in [1.807, 2.05) is 0 Å². The number of benzene rings is 3. The van der Waals surface area contributed by atoms with Gasteiger partial charge >= 0.3 is 0 Å². The number of para-hydroxylation sites is 1. The predicted octanol–water partition coefficient (Wildman–Crippen LogP) is 5.54. The zero-order valence-electron chi connectivity index (χ0n) is 25.2. The molecule has 1 saturated carbocycles. The number of hydrogen-bond acceptors (Lipinski definition) is 7. The quantitative estimate of drug-likeness (QED) is 0.229. The lowest BCUT2D eigenvalue weighted by Crippen LogP contribution is -2.52. The number of aromatic nitrogens is 2. The Balaban J connectivity index is 1.45. The SMILES string of the molecule is COc1nc(Cl)cc2c1[C@]1(O)[C@H](O)[C@H](C(=O)C3=c4cc5ccccc5nc4=CC(F)(F)C3)[C@@H](c3ccccc3)[C@]1(c1ccc(Br)cc1)O2. The van der Waals surface area contributed by atoms with Crippen molar-refractivity contribution in [2.45, 2.75) is 35.6 Å². The van der Waals surface area contributed by atoms with Gasteiger partial charge in [0.2, 0.25) is 5.88 Å². The van der Waals surface area contributed by atoms with Crippen LogP contribution in [0.25, 0.3) is 22.6 Å². The minimum absolute atomic E-state index is 0.00131. The molecule has 0 radical (unpaired) electrons. The molecule has 0 spiro atoms. The summed E-state index contributed by atoms with van der Waals surface area (Å²) in [5.74, 6) is -6.73. The number of rotatable bonds is 5. The molecule has 5 atom stereocenters. The minimum atomic E-state index is -3.40. The number of Topliss-reactive ketones (excluding diaryl/α,β-unsaturated/α-hetero) is 1. The number of hydrogen-bond donors (Lipinski definition) is 2. The second-order valence-electron chi connectivity index (χ2n) is 12.3. The summed E-state index contributed by atoms with van der Waals surface area (Å²) in [5.41, 5.74) is -2.98. The number of methoxy groups -OCH3 is 1. The lowest BCUT2D eigenvalue weighted by molar-refractivity contribution is -0.153. The molecular weight excluding hydrogens is 706 g/mol. The fourth-order valence-electron chi connectivity index (χ4n) is 7.89. The van der Waals surface area contributed by atoms with Gasteiger partial charge < -0.3 is 19.7 Å². The van der Waals surface area contributed by atoms with Gasteiger partial charge in [0.25, 0.3) is 5.92 Å². The van der Waals surface area contributed by atoms with E-state index in [2.05, 4.69) is 25.9 Å². The average Bonchev–Trinajstić information content (AvgIpc) is 3.44. The highest BCUT2D eigenvalue weighted by Crippen LogP contribution is 2.70. The van der Waals surface area contributed by atoms with Crippen LogP contribution in [0, 0.1) is 5.92 Å². The standard InChI is InChI=1S/C37H26BrClF2N2O5/c1-47-34-31-27(16-28(39)43-34)48-37(21-11-13-22(38)14-12-21)30(19-7-3-2-4-8-19)29(33(45)36(31,37)46)32(44)24-17-35(40,41)18-26-23(24)15-20-9-5-6-10-25(20)42-26/h2-16,18,29-30,33,45-46H,17H2,1H3/t29-,30+,33+,36-,37-/m0/s1. The van der Waals surface area contributed by atoms with Crippen molar-refractivity contribution in [1.82, 2.24) is 9.97 Å². The first-order chi connectivity index (χ1) is 23.0. The molecule has 5 aromatic rings. The number of aliphatic hydroxyl groups is 2. The number of alkyl halides is 2. The maximum atomic E-state index is 15.5. The van der Waals surface area contributed by atoms with Crippen LogP contribution in [0.1, 0.15) is 29.0 Å². The first-order valence-corrected chi connectivity index (χ1v) is 16.3. The number of fused-ring (bicyclic) bond motifs is 5. The van der Waals surface area contributed by atoms with E-state index in [1.54, 1.807) is 84.9 Å². The van der Waals surface area contributed by atoms with Crippen molar-refractivity contribution >= 4 is 55.9 Å². The molecular formula is C37H26BrClF2N2O5. The zero-order valence-corrected chi connectivity index (χ0v) is 27.5. The molecule has 1 fully saturated rings. The number of carbonyl (C=O) groups is 1. The molecule has 7 nitrogen and oxygen atoms in total. The number of ether oxygens (including phenoxy) is 2. The molecule has 2 N–H and O–H groups in total. The van der Waals surface area contributed by atoms with Crippen LogP contribution in [0.3, 0.4) is 0 Å². The first kappa shape index (κ1) is 31.1. The Hall–Kier alpha value is -4.22. The number of nitrogens with zero attached hydrogens (tertiary/aromatic N) is 2. The van der Waals surface area contributed by atoms with Gasteiger partial charge in [0.1, 0.15) is 17.0 Å². The summed E-state index contributed by atoms with van der Waals surface area (Å²) in [7, 11) is 1.34. The van der Waals surface area contributed by atoms with Gasteiger partial charge in [-0.15, -0.1) is 0 Å². The Labute approximate surface area is 286 Å². The molecule has 2 aromatic heterocycles. The second-order valence-corrected chi connectivity index (χ2v) is 13.6. The monoisotopic (exact) mass is 730 g/mol. The van der Waals surface area contributed by atoms with Gasteiger partial charge in [-0.3, -0.25) is 4.79 Å². The fourth-order valence-corrected chi connectivity index (χ4v) is 8.33. The fraction of sp³-hybridized carbons (Fsp3) is 0.216. The van der Waals surface area contributed by atoms with Crippen LogP contribution < -0.4 is 20.0 Å². The minimum Gasteiger partial charge on any atom is -0.481 e. The van der Waals surface area contributed by atoms with Gasteiger partial charge in [-0.2, -0.15) is 0 Å². The van der Waals surface area contributed by atoms with Gasteiger partial charge in [0.15, 0.2) is 17.0 Å². The Morgan fingerprint density at radius 1 is 1.02 bits per heavy atom. The summed E-state index contributed by atoms with van der Waals surface area (Å²) >= 11 is 9.81. The maximum Gasteiger partial charge on any atom is 0.272 e. The van der Waals surface area contributed by atoms with Crippen molar-refractivity contribution in [2.24, 2.45) is 5.92 Å². The van der Waals surface area contributed by atoms with Crippen molar-refractivity contribution in [2.75, 3.05) is 7.11 Å². The Kier molecular flexibility index (Phi) is 7.05. The van der Waals surface area contributed by atoms with E-state index in [0.717, 1.165) is 10.5 Å². The molecule has 0 bridgehead atoms. The van der Waals surface area contributed by atoms with E-state index >= 15 is 13.6 Å². The molecule has 0 saturated heterocycles. The molecule has 0 unspecified atom stereocenters. The lowest BCUT2D eigenvalue weighted by atomic mass is 9.70. The van der Waals surface area contributed by atoms with Crippen molar-refractivity contribution in [3.8, 4) is 11.6 Å². The first-order valence-electron chi connectivity index (χ1n) is 15.2. The predicted molar refractivity (Wildman–Crippen MR) is 178 cm³/mol. The molecule has 1 aliphatic heterocycles. The van der Waals surface area contributed by atoms with Crippen LogP contribution in [-0.4, -0.2) is 45.1 Å². The third-order valence-electron chi connectivity index (χ3n) is 9.77. The summed E-state index contributed by atoms with van der Waals surface area (Å²) < 4.78 is 44.0. The Morgan fingerprint density at radius 2 is 1.73 bits per heavy atom. The summed E-state index contributed by atoms with van der Waals surface area (Å²) in [5, 5.41) is 26.6. The normalized spacial score (nSPS) is 26.6. The Morgan fingerprint density at radius 3 is 2.46 bits per heavy atom. The number of aliphatic hydroxyl groups excluding tert-OH is 1. The largest absolute Gasteiger partial charge is 0.481 e. The number of carbonyl (C=O) groups excluding carboxylic acids is 1. The van der Waals surface area contributed by atoms with Crippen LogP contribution in [0.15, 0.2) is 95.5 Å². The molecule has 8 rings (SSSR count). The van der Waals surface area contributed by atoms with Gasteiger partial charge in [-0.1, -0.05) is 88.2 Å². The van der Waals surface area contributed by atoms with Crippen LogP contribution in [0.5, 0.6) is 11.6 Å². The van der Waals surface area contributed by atoms with E-state index < -0.39 is 47.3 Å². The van der Waals surface area contributed by atoms with E-state index in [0.29, 0.717) is 22.0 Å². The number of ketones is 1. The van der Waals surface area contributed by atoms with Gasteiger partial charge in [-0.05, 0) is 35.4 Å². The highest BCUT2D eigenvalue weighted by Gasteiger charge is 2.78. The zero-order chi connectivity index (χ0) is 33.6. The molecule has 242 valence electrons. The number of pyridine rings is 2. The Bertz CT molecular complexity index is 2270. The van der Waals surface area contributed by atoms with Gasteiger partial charge in [-0.25, -0.2) is 18.7 Å². The van der Waals surface area contributed by atoms with E-state index in [1.165, 1.54) is 13.2 Å². The van der Waals surface area contributed by atoms with Crippen molar-refractivity contribution in [3.63, 3.8) is 0 Å². The summed E-state index contributed by atoms with van der Waals surface area (Å²) in [6.45, 7) is 0. The van der Waals surface area contributed by atoms with Crippen LogP contribution >= 0.6 is 27.5 Å². The van der Waals surface area contributed by atoms with E-state index in [-0.39, 0.29) is 38.5 Å². The number of halogens is 4. The molecule has 3 aliphatic rings. The molecule has 2 aliphatic carbocycles. The molecule has 48 heavy (non-hydrogen) atoms. The summed E-state index contributed by atoms with van der Waals surface area (Å²) in [6, 6.07) is 25.9. The summed E-state index contributed by atoms with van der Waals surface area (Å²) in [4.78, 5) is 23.8. The van der Waals surface area contributed by atoms with Gasteiger partial charge in [0.05, 0.1) is 29.5 Å². The van der Waals surface area contributed by atoms with E-state index in [9.17, 15) is 10.2 Å². The van der Waals surface area contributed by atoms with Crippen molar-refractivity contribution in [3.05, 3.63) is 128 Å². The lowest BCUT2D eigenvalue weighted by Gasteiger charge is -2.40. The molecule has 3 heterocycles. The third-order valence-corrected chi connectivity index (χ3v) is 10.5. The molecule has 11 heteroatoms. The third kappa shape index (κ3) is 4.32. The van der Waals surface area contributed by atoms with Crippen molar-refractivity contribution in [1.29, 1.82) is 0 Å². The van der Waals surface area contributed by atoms with Crippen LogP contribution in [0.2, 0.25) is 5.15 Å². The van der Waals surface area contributed by atoms with Gasteiger partial charge in [0, 0.05) is 45.1 Å². The highest BCUT2D eigenvalue weighted by atomic mass is 79.9. The highest BCUT2D eigenvalue weighted by molar-refractivity contribution is 9.10. The van der Waals surface area contributed by atoms with Crippen molar-refractivity contribution < 1.29 is 33.3 Å². The molecule has 3 aromatic carbocycles. The van der Waals surface area contributed by atoms with E-state index in [4.69, 9.17) is 21.1 Å². The van der Waals surface area contributed by atoms with Crippen LogP contribution in [0.4, 0.5) is 8.78 Å². The summed E-state index contributed by atoms with van der Waals surface area (Å²) in [6.07, 6.45) is -2.03. The maximum absolute atomic E-state index is 15.5. The average molecular weight is 732 g/mol. The topological polar surface area (TPSA) is 102 Å². The molecule has 0 amide bonds. The smallest absolute Gasteiger partial charge is 0.272 e. The second kappa shape index (κ2) is 10.9. The van der Waals surface area contributed by atoms with Crippen LogP contribution in [-0.2, 0) is 16.0 Å².